The number of aliphatic hydroxyl groups excluding tert-OH is 8. The highest BCUT2D eigenvalue weighted by molar-refractivity contribution is 5.76. The van der Waals surface area contributed by atoms with Gasteiger partial charge in [0.25, 0.3) is 0 Å². The van der Waals surface area contributed by atoms with E-state index in [1.54, 1.807) is 0 Å². The van der Waals surface area contributed by atoms with E-state index in [0.717, 1.165) is 57.8 Å². The lowest BCUT2D eigenvalue weighted by atomic mass is 9.97. The molecule has 2 heterocycles. The van der Waals surface area contributed by atoms with E-state index in [4.69, 9.17) is 18.9 Å². The van der Waals surface area contributed by atoms with Gasteiger partial charge in [-0.25, -0.2) is 0 Å². The summed E-state index contributed by atoms with van der Waals surface area (Å²) in [7, 11) is 0. The van der Waals surface area contributed by atoms with Crippen molar-refractivity contribution in [2.24, 2.45) is 0 Å². The Labute approximate surface area is 449 Å². The van der Waals surface area contributed by atoms with Crippen LogP contribution >= 0.6 is 0 Å². The second kappa shape index (κ2) is 46.2. The number of aliphatic hydroxyl groups is 8. The zero-order valence-corrected chi connectivity index (χ0v) is 46.6. The van der Waals surface area contributed by atoms with Crippen molar-refractivity contribution in [1.29, 1.82) is 0 Å². The Morgan fingerprint density at radius 3 is 1.36 bits per heavy atom. The van der Waals surface area contributed by atoms with Crippen LogP contribution < -0.4 is 5.32 Å². The third-order valence-electron chi connectivity index (χ3n) is 14.9. The van der Waals surface area contributed by atoms with Crippen LogP contribution in [0.5, 0.6) is 0 Å². The van der Waals surface area contributed by atoms with Crippen molar-refractivity contribution in [2.45, 2.75) is 319 Å². The lowest BCUT2D eigenvalue weighted by Crippen LogP contribution is -2.65. The second-order valence-electron chi connectivity index (χ2n) is 21.5. The maximum absolute atomic E-state index is 13.1. The van der Waals surface area contributed by atoms with E-state index in [0.29, 0.717) is 12.8 Å². The summed E-state index contributed by atoms with van der Waals surface area (Å²) in [5.74, 6) is -0.216. The van der Waals surface area contributed by atoms with Gasteiger partial charge < -0.3 is 65.1 Å². The summed E-state index contributed by atoms with van der Waals surface area (Å²) in [5, 5.41) is 86.2. The maximum Gasteiger partial charge on any atom is 0.220 e. The van der Waals surface area contributed by atoms with E-state index in [9.17, 15) is 45.6 Å². The van der Waals surface area contributed by atoms with Gasteiger partial charge in [-0.05, 0) is 51.4 Å². The van der Waals surface area contributed by atoms with E-state index in [-0.39, 0.29) is 12.5 Å². The number of carbonyl (C=O) groups is 1. The Hall–Kier alpha value is -1.79. The van der Waals surface area contributed by atoms with Gasteiger partial charge >= 0.3 is 0 Å². The molecule has 0 radical (unpaired) electrons. The van der Waals surface area contributed by atoms with Crippen LogP contribution in [0.25, 0.3) is 0 Å². The van der Waals surface area contributed by atoms with Crippen LogP contribution in [-0.4, -0.2) is 140 Å². The third-order valence-corrected chi connectivity index (χ3v) is 14.9. The number of allylic oxidation sites excluding steroid dienone is 6. The van der Waals surface area contributed by atoms with Crippen molar-refractivity contribution >= 4 is 5.91 Å². The van der Waals surface area contributed by atoms with Gasteiger partial charge in [-0.1, -0.05) is 224 Å². The number of amides is 1. The molecule has 2 aliphatic rings. The number of hydrogen-bond donors (Lipinski definition) is 9. The Morgan fingerprint density at radius 1 is 0.486 bits per heavy atom. The molecule has 0 saturated carbocycles. The van der Waals surface area contributed by atoms with Gasteiger partial charge in [0.1, 0.15) is 48.8 Å². The van der Waals surface area contributed by atoms with Crippen molar-refractivity contribution in [3.05, 3.63) is 36.5 Å². The average molecular weight is 1050 g/mol. The lowest BCUT2D eigenvalue weighted by Gasteiger charge is -2.46. The van der Waals surface area contributed by atoms with Crippen molar-refractivity contribution < 1.29 is 64.6 Å². The molecule has 12 unspecified atom stereocenters. The zero-order valence-electron chi connectivity index (χ0n) is 46.6. The minimum absolute atomic E-state index is 0.216. The molecular formula is C60H111NO13. The number of unbranched alkanes of at least 4 members (excludes halogenated alkanes) is 29. The van der Waals surface area contributed by atoms with E-state index < -0.39 is 86.8 Å². The molecule has 0 aromatic carbocycles. The monoisotopic (exact) mass is 1050 g/mol. The van der Waals surface area contributed by atoms with Gasteiger partial charge in [0.05, 0.1) is 32.0 Å². The molecule has 2 rings (SSSR count). The van der Waals surface area contributed by atoms with Crippen LogP contribution in [0, 0.1) is 0 Å². The first-order chi connectivity index (χ1) is 36.1. The summed E-state index contributed by atoms with van der Waals surface area (Å²) in [5.41, 5.74) is 0. The van der Waals surface area contributed by atoms with Crippen LogP contribution in [0.1, 0.15) is 245 Å². The van der Waals surface area contributed by atoms with E-state index >= 15 is 0 Å². The largest absolute Gasteiger partial charge is 0.394 e. The smallest absolute Gasteiger partial charge is 0.220 e. The maximum atomic E-state index is 13.1. The van der Waals surface area contributed by atoms with Crippen LogP contribution in [0.4, 0.5) is 0 Å². The van der Waals surface area contributed by atoms with Crippen LogP contribution in [0.3, 0.4) is 0 Å². The third kappa shape index (κ3) is 31.6. The molecule has 9 N–H and O–H groups in total. The van der Waals surface area contributed by atoms with Gasteiger partial charge in [-0.3, -0.25) is 4.79 Å². The molecule has 2 fully saturated rings. The first-order valence-electron chi connectivity index (χ1n) is 30.2. The minimum atomic E-state index is -1.78. The van der Waals surface area contributed by atoms with Crippen LogP contribution in [0.2, 0.25) is 0 Å². The van der Waals surface area contributed by atoms with Crippen molar-refractivity contribution in [3.63, 3.8) is 0 Å². The summed E-state index contributed by atoms with van der Waals surface area (Å²) >= 11 is 0. The topological polar surface area (TPSA) is 228 Å². The van der Waals surface area contributed by atoms with E-state index in [1.807, 2.05) is 0 Å². The van der Waals surface area contributed by atoms with Gasteiger partial charge in [0.2, 0.25) is 5.91 Å². The molecule has 0 bridgehead atoms. The Bertz CT molecular complexity index is 1380. The summed E-state index contributed by atoms with van der Waals surface area (Å²) in [6.45, 7) is 2.67. The minimum Gasteiger partial charge on any atom is -0.394 e. The Balaban J connectivity index is 1.45. The lowest BCUT2D eigenvalue weighted by molar-refractivity contribution is -0.359. The summed E-state index contributed by atoms with van der Waals surface area (Å²) < 4.78 is 22.6. The quantitative estimate of drug-likeness (QED) is 0.0204. The molecule has 2 saturated heterocycles. The molecule has 0 spiro atoms. The van der Waals surface area contributed by atoms with Crippen molar-refractivity contribution in [2.75, 3.05) is 19.8 Å². The molecule has 0 aromatic heterocycles. The summed E-state index contributed by atoms with van der Waals surface area (Å²) in [4.78, 5) is 13.1. The fourth-order valence-electron chi connectivity index (χ4n) is 9.95. The van der Waals surface area contributed by atoms with Crippen LogP contribution in [0.15, 0.2) is 36.5 Å². The molecule has 74 heavy (non-hydrogen) atoms. The molecule has 2 aliphatic heterocycles. The predicted molar refractivity (Wildman–Crippen MR) is 295 cm³/mol. The van der Waals surface area contributed by atoms with Gasteiger partial charge in [-0.2, -0.15) is 0 Å². The molecule has 1 amide bonds. The predicted octanol–water partition coefficient (Wildman–Crippen LogP) is 10.2. The number of ether oxygens (including phenoxy) is 4. The standard InChI is InChI=1S/C60H111NO13/c1-3-5-7-8-9-10-11-12-13-14-15-16-17-18-19-20-21-22-23-24-25-26-27-28-29-30-31-32-33-34-35-36-37-38-39-40-42-44-52(65)61-48(49(64)43-41-6-4-2)47-71-59-57(70)55(68)58(51(46-63)73-59)74-60-56(69)54(67)53(66)50(45-62)72-60/h11-12,14-15,17-18,48-51,53-60,62-64,66-70H,3-10,13,16,19-47H2,1-2H3,(H,61,65)/b12-11-,15-14-,18-17-. The molecule has 0 aliphatic carbocycles. The molecule has 14 nitrogen and oxygen atoms in total. The van der Waals surface area contributed by atoms with Crippen molar-refractivity contribution in [1.82, 2.24) is 5.32 Å². The highest BCUT2D eigenvalue weighted by Gasteiger charge is 2.51. The first kappa shape index (κ1) is 68.3. The summed E-state index contributed by atoms with van der Waals surface area (Å²) in [6.07, 6.45) is 40.2. The second-order valence-corrected chi connectivity index (χ2v) is 21.5. The fourth-order valence-corrected chi connectivity index (χ4v) is 9.95. The Kier molecular flexibility index (Phi) is 42.6. The van der Waals surface area contributed by atoms with Gasteiger partial charge in [-0.15, -0.1) is 0 Å². The fraction of sp³-hybridized carbons (Fsp3) is 0.883. The number of rotatable bonds is 48. The molecule has 434 valence electrons. The van der Waals surface area contributed by atoms with E-state index in [2.05, 4.69) is 55.6 Å². The molecule has 12 atom stereocenters. The summed E-state index contributed by atoms with van der Waals surface area (Å²) in [6, 6.07) is -0.822. The molecular weight excluding hydrogens is 943 g/mol. The zero-order chi connectivity index (χ0) is 53.9. The number of hydrogen-bond acceptors (Lipinski definition) is 13. The highest BCUT2D eigenvalue weighted by atomic mass is 16.7. The van der Waals surface area contributed by atoms with E-state index in [1.165, 1.54) is 161 Å². The van der Waals surface area contributed by atoms with Gasteiger partial charge in [0, 0.05) is 6.42 Å². The Morgan fingerprint density at radius 2 is 0.892 bits per heavy atom. The highest BCUT2D eigenvalue weighted by Crippen LogP contribution is 2.30. The average Bonchev–Trinajstić information content (AvgIpc) is 3.40. The number of nitrogens with one attached hydrogen (secondary N) is 1. The SMILES string of the molecule is CCCCCCC/C=C\C/C=C\C/C=C\CCCCCCCCCCCCCCCCCCCCCCCCC(=O)NC(COC1OC(CO)C(OC2OC(CO)C(O)C(O)C2O)C(O)C1O)C(O)CCCCC. The number of carbonyl (C=O) groups excluding carboxylic acids is 1. The van der Waals surface area contributed by atoms with Crippen molar-refractivity contribution in [3.8, 4) is 0 Å². The first-order valence-corrected chi connectivity index (χ1v) is 30.2. The molecule has 14 heteroatoms. The van der Waals surface area contributed by atoms with Gasteiger partial charge in [0.15, 0.2) is 12.6 Å². The van der Waals surface area contributed by atoms with Crippen LogP contribution in [-0.2, 0) is 23.7 Å². The molecule has 0 aromatic rings. The normalized spacial score (nSPS) is 25.4.